The van der Waals surface area contributed by atoms with E-state index in [1.165, 1.54) is 6.07 Å². The van der Waals surface area contributed by atoms with Gasteiger partial charge in [-0.15, -0.1) is 0 Å². The topological polar surface area (TPSA) is 130 Å². The lowest BCUT2D eigenvalue weighted by atomic mass is 10.0. The van der Waals surface area contributed by atoms with Gasteiger partial charge in [-0.2, -0.15) is 0 Å². The maximum Gasteiger partial charge on any atom is 0.266 e. The Hall–Kier alpha value is -2.64. The van der Waals surface area contributed by atoms with Crippen molar-refractivity contribution in [2.24, 2.45) is 0 Å². The first kappa shape index (κ1) is 30.9. The van der Waals surface area contributed by atoms with Crippen molar-refractivity contribution in [2.75, 3.05) is 52.9 Å². The van der Waals surface area contributed by atoms with Gasteiger partial charge in [0.05, 0.1) is 57.4 Å². The van der Waals surface area contributed by atoms with Gasteiger partial charge in [0.25, 0.3) is 11.8 Å². The highest BCUT2D eigenvalue weighted by molar-refractivity contribution is 6.74. The van der Waals surface area contributed by atoms with Gasteiger partial charge in [-0.25, -0.2) is 0 Å². The van der Waals surface area contributed by atoms with Crippen LogP contribution < -0.4 is 10.1 Å². The standard InChI is InChI=1S/C27H40N2O9Si/c1-27(2,3)39(4,5)38-18-16-36-14-12-34-11-13-35-15-17-37-21-8-6-7-19-23(21)26(33)29(25(19)32)20-9-10-22(30)28-24(20)31/h6-8,20H,9-18H2,1-5H3,(H,28,30,31). The molecule has 12 heteroatoms. The van der Waals surface area contributed by atoms with E-state index in [1.54, 1.807) is 12.1 Å². The molecule has 1 fully saturated rings. The van der Waals surface area contributed by atoms with Crippen LogP contribution in [0.4, 0.5) is 0 Å². The second-order valence-corrected chi connectivity index (χ2v) is 15.7. The van der Waals surface area contributed by atoms with Crippen molar-refractivity contribution in [3.05, 3.63) is 29.3 Å². The molecule has 0 radical (unpaired) electrons. The minimum Gasteiger partial charge on any atom is -0.490 e. The molecular formula is C27H40N2O9Si. The van der Waals surface area contributed by atoms with Crippen LogP contribution >= 0.6 is 0 Å². The van der Waals surface area contributed by atoms with E-state index in [4.69, 9.17) is 23.4 Å². The van der Waals surface area contributed by atoms with Gasteiger partial charge in [0.15, 0.2) is 8.32 Å². The summed E-state index contributed by atoms with van der Waals surface area (Å²) in [5, 5.41) is 2.36. The van der Waals surface area contributed by atoms with Gasteiger partial charge >= 0.3 is 0 Å². The second-order valence-electron chi connectivity index (χ2n) is 10.9. The third-order valence-corrected chi connectivity index (χ3v) is 11.7. The van der Waals surface area contributed by atoms with E-state index < -0.39 is 38.0 Å². The SMILES string of the molecule is CC(C)(C)[Si](C)(C)OCCOCCOCCOCCOc1cccc2c1C(=O)N(C1CCC(=O)NC1=O)C2=O. The average Bonchev–Trinajstić information content (AvgIpc) is 3.12. The molecule has 3 rings (SSSR count). The Morgan fingerprint density at radius 1 is 0.872 bits per heavy atom. The average molecular weight is 565 g/mol. The predicted octanol–water partition coefficient (Wildman–Crippen LogP) is 2.54. The molecule has 0 bridgehead atoms. The number of nitrogens with one attached hydrogen (secondary N) is 1. The third-order valence-electron chi connectivity index (χ3n) is 7.16. The summed E-state index contributed by atoms with van der Waals surface area (Å²) in [6.07, 6.45) is 0.160. The Morgan fingerprint density at radius 2 is 1.46 bits per heavy atom. The molecule has 11 nitrogen and oxygen atoms in total. The van der Waals surface area contributed by atoms with Crippen molar-refractivity contribution < 1.29 is 42.6 Å². The molecule has 2 aliphatic heterocycles. The zero-order valence-corrected chi connectivity index (χ0v) is 24.5. The summed E-state index contributed by atoms with van der Waals surface area (Å²) in [6, 6.07) is 3.71. The molecule has 1 aromatic carbocycles. The van der Waals surface area contributed by atoms with Crippen LogP contribution in [0.1, 0.15) is 54.3 Å². The van der Waals surface area contributed by atoms with Gasteiger partial charge in [-0.05, 0) is 36.7 Å². The number of benzene rings is 1. The molecule has 1 saturated heterocycles. The summed E-state index contributed by atoms with van der Waals surface area (Å²) in [6.45, 7) is 14.3. The lowest BCUT2D eigenvalue weighted by Crippen LogP contribution is -2.54. The van der Waals surface area contributed by atoms with Crippen LogP contribution in [0.5, 0.6) is 5.75 Å². The van der Waals surface area contributed by atoms with E-state index in [2.05, 4.69) is 39.2 Å². The van der Waals surface area contributed by atoms with Crippen molar-refractivity contribution in [2.45, 2.75) is 57.8 Å². The molecule has 2 heterocycles. The van der Waals surface area contributed by atoms with Gasteiger partial charge < -0.3 is 23.4 Å². The number of hydrogen-bond acceptors (Lipinski definition) is 9. The molecule has 0 spiro atoms. The lowest BCUT2D eigenvalue weighted by Gasteiger charge is -2.36. The third kappa shape index (κ3) is 7.95. The first-order chi connectivity index (χ1) is 18.4. The number of rotatable bonds is 15. The maximum absolute atomic E-state index is 13.1. The van der Waals surface area contributed by atoms with E-state index >= 15 is 0 Å². The van der Waals surface area contributed by atoms with Gasteiger partial charge in [0.1, 0.15) is 18.4 Å². The highest BCUT2D eigenvalue weighted by atomic mass is 28.4. The number of ether oxygens (including phenoxy) is 4. The van der Waals surface area contributed by atoms with Crippen LogP contribution in [0.25, 0.3) is 0 Å². The van der Waals surface area contributed by atoms with Crippen LogP contribution in [0, 0.1) is 0 Å². The van der Waals surface area contributed by atoms with Crippen molar-refractivity contribution in [3.63, 3.8) is 0 Å². The maximum atomic E-state index is 13.1. The van der Waals surface area contributed by atoms with Crippen LogP contribution in [0.15, 0.2) is 18.2 Å². The Balaban J connectivity index is 1.30. The van der Waals surface area contributed by atoms with Crippen molar-refractivity contribution >= 4 is 31.9 Å². The molecule has 1 N–H and O–H groups in total. The monoisotopic (exact) mass is 564 g/mol. The fraction of sp³-hybridized carbons (Fsp3) is 0.630. The summed E-state index contributed by atoms with van der Waals surface area (Å²) in [4.78, 5) is 50.5. The smallest absolute Gasteiger partial charge is 0.266 e. The number of piperidine rings is 1. The molecule has 0 aliphatic carbocycles. The number of nitrogens with zero attached hydrogens (tertiary/aromatic N) is 1. The van der Waals surface area contributed by atoms with Crippen LogP contribution in [0.3, 0.4) is 0 Å². The number of carbonyl (C=O) groups is 4. The lowest BCUT2D eigenvalue weighted by molar-refractivity contribution is -0.136. The van der Waals surface area contributed by atoms with Gasteiger partial charge in [-0.3, -0.25) is 29.4 Å². The van der Waals surface area contributed by atoms with Crippen LogP contribution in [0.2, 0.25) is 18.1 Å². The fourth-order valence-electron chi connectivity index (χ4n) is 3.93. The van der Waals surface area contributed by atoms with Crippen molar-refractivity contribution in [1.29, 1.82) is 0 Å². The Bertz CT molecular complexity index is 1050. The zero-order valence-electron chi connectivity index (χ0n) is 23.5. The van der Waals surface area contributed by atoms with Gasteiger partial charge in [0, 0.05) is 6.42 Å². The first-order valence-corrected chi connectivity index (χ1v) is 16.2. The van der Waals surface area contributed by atoms with Crippen molar-refractivity contribution in [3.8, 4) is 5.75 Å². The number of hydrogen-bond donors (Lipinski definition) is 1. The summed E-state index contributed by atoms with van der Waals surface area (Å²) in [7, 11) is -1.75. The quantitative estimate of drug-likeness (QED) is 0.194. The van der Waals surface area contributed by atoms with E-state index in [9.17, 15) is 19.2 Å². The van der Waals surface area contributed by atoms with Crippen molar-refractivity contribution in [1.82, 2.24) is 10.2 Å². The molecule has 2 aliphatic rings. The van der Waals surface area contributed by atoms with Crippen LogP contribution in [-0.2, 0) is 28.2 Å². The van der Waals surface area contributed by atoms with E-state index in [0.717, 1.165) is 4.90 Å². The molecule has 0 saturated carbocycles. The Kier molecular flexibility index (Phi) is 10.8. The zero-order chi connectivity index (χ0) is 28.6. The number of amides is 4. The molecule has 1 aromatic rings. The first-order valence-electron chi connectivity index (χ1n) is 13.3. The van der Waals surface area contributed by atoms with E-state index in [-0.39, 0.29) is 48.0 Å². The normalized spacial score (nSPS) is 18.0. The molecule has 1 unspecified atom stereocenters. The molecule has 0 aromatic heterocycles. The number of carbonyl (C=O) groups excluding carboxylic acids is 4. The van der Waals surface area contributed by atoms with Gasteiger partial charge in [-0.1, -0.05) is 26.8 Å². The molecule has 39 heavy (non-hydrogen) atoms. The molecular weight excluding hydrogens is 524 g/mol. The van der Waals surface area contributed by atoms with E-state index in [0.29, 0.717) is 39.6 Å². The largest absolute Gasteiger partial charge is 0.490 e. The minimum atomic E-state index is -1.75. The van der Waals surface area contributed by atoms with Crippen LogP contribution in [-0.4, -0.2) is 95.7 Å². The summed E-state index contributed by atoms with van der Waals surface area (Å²) in [5.74, 6) is -2.01. The van der Waals surface area contributed by atoms with Gasteiger partial charge in [0.2, 0.25) is 11.8 Å². The predicted molar refractivity (Wildman–Crippen MR) is 144 cm³/mol. The Labute approximate surface area is 230 Å². The molecule has 216 valence electrons. The fourth-order valence-corrected chi connectivity index (χ4v) is 4.96. The summed E-state index contributed by atoms with van der Waals surface area (Å²) < 4.78 is 28.4. The molecule has 1 atom stereocenters. The number of fused-ring (bicyclic) bond motifs is 1. The number of imide groups is 2. The highest BCUT2D eigenvalue weighted by Gasteiger charge is 2.46. The minimum absolute atomic E-state index is 0.0631. The summed E-state index contributed by atoms with van der Waals surface area (Å²) >= 11 is 0. The highest BCUT2D eigenvalue weighted by Crippen LogP contribution is 2.36. The molecule has 4 amide bonds. The van der Waals surface area contributed by atoms with E-state index in [1.807, 2.05) is 0 Å². The Morgan fingerprint density at radius 3 is 2.05 bits per heavy atom. The second kappa shape index (κ2) is 13.6. The summed E-state index contributed by atoms with van der Waals surface area (Å²) in [5.41, 5.74) is 0.288.